The van der Waals surface area contributed by atoms with E-state index in [1.165, 1.54) is 12.0 Å². The molecule has 1 N–H and O–H groups in total. The van der Waals surface area contributed by atoms with Crippen molar-refractivity contribution < 1.29 is 4.74 Å². The molecule has 1 aliphatic heterocycles. The van der Waals surface area contributed by atoms with E-state index in [9.17, 15) is 0 Å². The van der Waals surface area contributed by atoms with Crippen molar-refractivity contribution in [1.82, 2.24) is 5.32 Å². The number of rotatable bonds is 6. The quantitative estimate of drug-likeness (QED) is 0.839. The molecular formula is C18H29NO. The van der Waals surface area contributed by atoms with Gasteiger partial charge >= 0.3 is 0 Å². The van der Waals surface area contributed by atoms with Gasteiger partial charge in [0.1, 0.15) is 5.75 Å². The first-order valence-corrected chi connectivity index (χ1v) is 7.87. The molecule has 0 saturated carbocycles. The van der Waals surface area contributed by atoms with Crippen LogP contribution in [0.2, 0.25) is 0 Å². The van der Waals surface area contributed by atoms with Crippen LogP contribution in [0.1, 0.15) is 52.5 Å². The molecule has 2 nitrogen and oxygen atoms in total. The monoisotopic (exact) mass is 275 g/mol. The molecule has 2 unspecified atom stereocenters. The van der Waals surface area contributed by atoms with Crippen molar-refractivity contribution in [3.8, 4) is 5.75 Å². The number of nitrogens with one attached hydrogen (secondary N) is 1. The molecule has 0 bridgehead atoms. The van der Waals surface area contributed by atoms with Crippen molar-refractivity contribution >= 4 is 0 Å². The second-order valence-corrected chi connectivity index (χ2v) is 7.09. The first kappa shape index (κ1) is 15.4. The van der Waals surface area contributed by atoms with Crippen LogP contribution in [0.25, 0.3) is 0 Å². The smallest absolute Gasteiger partial charge is 0.122 e. The van der Waals surface area contributed by atoms with E-state index in [1.54, 1.807) is 0 Å². The van der Waals surface area contributed by atoms with Crippen LogP contribution in [0, 0.1) is 11.3 Å². The zero-order valence-corrected chi connectivity index (χ0v) is 13.6. The van der Waals surface area contributed by atoms with Crippen molar-refractivity contribution in [1.29, 1.82) is 0 Å². The zero-order valence-electron chi connectivity index (χ0n) is 13.6. The Balaban J connectivity index is 2.09. The Morgan fingerprint density at radius 3 is 2.60 bits per heavy atom. The number of hydrogen-bond acceptors (Lipinski definition) is 2. The van der Waals surface area contributed by atoms with Gasteiger partial charge in [0.05, 0.1) is 6.61 Å². The predicted octanol–water partition coefficient (Wildman–Crippen LogP) is 4.21. The van der Waals surface area contributed by atoms with Gasteiger partial charge in [-0.15, -0.1) is 0 Å². The van der Waals surface area contributed by atoms with E-state index in [4.69, 9.17) is 4.74 Å². The first-order valence-electron chi connectivity index (χ1n) is 7.87. The Morgan fingerprint density at radius 1 is 1.25 bits per heavy atom. The lowest BCUT2D eigenvalue weighted by Gasteiger charge is -2.37. The summed E-state index contributed by atoms with van der Waals surface area (Å²) in [5, 5.41) is 3.62. The third kappa shape index (κ3) is 3.35. The normalized spacial score (nSPS) is 20.9. The average molecular weight is 275 g/mol. The number of ether oxygens (including phenoxy) is 1. The molecule has 0 radical (unpaired) electrons. The summed E-state index contributed by atoms with van der Waals surface area (Å²) in [6, 6.07) is 9.04. The van der Waals surface area contributed by atoms with Crippen LogP contribution in [-0.4, -0.2) is 19.2 Å². The molecular weight excluding hydrogens is 246 g/mol. The summed E-state index contributed by atoms with van der Waals surface area (Å²) in [4.78, 5) is 0. The van der Waals surface area contributed by atoms with Crippen LogP contribution in [-0.2, 0) is 0 Å². The maximum absolute atomic E-state index is 5.84. The fourth-order valence-electron chi connectivity index (χ4n) is 2.91. The van der Waals surface area contributed by atoms with Crippen LogP contribution in [0.4, 0.5) is 0 Å². The molecule has 1 aromatic rings. The van der Waals surface area contributed by atoms with Crippen LogP contribution in [0.3, 0.4) is 0 Å². The highest BCUT2D eigenvalue weighted by Gasteiger charge is 2.35. The third-order valence-electron chi connectivity index (χ3n) is 4.82. The largest absolute Gasteiger partial charge is 0.493 e. The highest BCUT2D eigenvalue weighted by atomic mass is 16.5. The van der Waals surface area contributed by atoms with Gasteiger partial charge in [-0.1, -0.05) is 52.8 Å². The van der Waals surface area contributed by atoms with Gasteiger partial charge in [0.15, 0.2) is 0 Å². The average Bonchev–Trinajstić information content (AvgIpc) is 2.80. The molecule has 0 amide bonds. The molecule has 0 spiro atoms. The van der Waals surface area contributed by atoms with E-state index < -0.39 is 0 Å². The van der Waals surface area contributed by atoms with Gasteiger partial charge in [-0.25, -0.2) is 0 Å². The Labute approximate surface area is 123 Å². The number of fused-ring (bicyclic) bond motifs is 1. The highest BCUT2D eigenvalue weighted by Crippen LogP contribution is 2.43. The Kier molecular flexibility index (Phi) is 4.74. The second kappa shape index (κ2) is 6.17. The lowest BCUT2D eigenvalue weighted by molar-refractivity contribution is 0.162. The lowest BCUT2D eigenvalue weighted by atomic mass is 9.71. The zero-order chi connectivity index (χ0) is 14.8. The van der Waals surface area contributed by atoms with Crippen LogP contribution in [0.15, 0.2) is 24.3 Å². The van der Waals surface area contributed by atoms with Gasteiger partial charge in [-0.2, -0.15) is 0 Å². The van der Waals surface area contributed by atoms with E-state index in [-0.39, 0.29) is 0 Å². The van der Waals surface area contributed by atoms with Gasteiger partial charge in [0.25, 0.3) is 0 Å². The first-order chi connectivity index (χ1) is 9.42. The van der Waals surface area contributed by atoms with E-state index in [2.05, 4.69) is 64.2 Å². The minimum absolute atomic E-state index is 0.301. The van der Waals surface area contributed by atoms with Crippen molar-refractivity contribution in [3.63, 3.8) is 0 Å². The summed E-state index contributed by atoms with van der Waals surface area (Å²) >= 11 is 0. The summed E-state index contributed by atoms with van der Waals surface area (Å²) in [5.41, 5.74) is 1.69. The predicted molar refractivity (Wildman–Crippen MR) is 85.4 cm³/mol. The van der Waals surface area contributed by atoms with E-state index in [0.717, 1.165) is 18.9 Å². The Bertz CT molecular complexity index is 441. The van der Waals surface area contributed by atoms with Crippen LogP contribution >= 0.6 is 0 Å². The van der Waals surface area contributed by atoms with E-state index in [1.807, 2.05) is 0 Å². The number of benzene rings is 1. The van der Waals surface area contributed by atoms with E-state index in [0.29, 0.717) is 23.3 Å². The summed E-state index contributed by atoms with van der Waals surface area (Å²) in [5.74, 6) is 2.27. The molecule has 2 rings (SSSR count). The molecule has 0 saturated heterocycles. The van der Waals surface area contributed by atoms with Crippen molar-refractivity contribution in [2.45, 2.75) is 53.0 Å². The molecule has 1 heterocycles. The van der Waals surface area contributed by atoms with Gasteiger partial charge in [0, 0.05) is 24.1 Å². The SMILES string of the molecule is CC(C)NCC(C)(CC1COc2ccccc21)C(C)C. The van der Waals surface area contributed by atoms with Gasteiger partial charge < -0.3 is 10.1 Å². The molecule has 20 heavy (non-hydrogen) atoms. The third-order valence-corrected chi connectivity index (χ3v) is 4.82. The lowest BCUT2D eigenvalue weighted by Crippen LogP contribution is -2.40. The number of hydrogen-bond donors (Lipinski definition) is 1. The van der Waals surface area contributed by atoms with Gasteiger partial charge in [-0.3, -0.25) is 0 Å². The van der Waals surface area contributed by atoms with Crippen LogP contribution in [0.5, 0.6) is 5.75 Å². The minimum Gasteiger partial charge on any atom is -0.493 e. The van der Waals surface area contributed by atoms with Crippen molar-refractivity contribution in [3.05, 3.63) is 29.8 Å². The molecule has 2 atom stereocenters. The summed E-state index contributed by atoms with van der Waals surface area (Å²) in [7, 11) is 0. The molecule has 112 valence electrons. The maximum Gasteiger partial charge on any atom is 0.122 e. The molecule has 0 fully saturated rings. The molecule has 2 heteroatoms. The molecule has 1 aliphatic rings. The standard InChI is InChI=1S/C18H29NO/c1-13(2)18(5,12-19-14(3)4)10-15-11-20-17-9-7-6-8-16(15)17/h6-9,13-15,19H,10-12H2,1-5H3. The van der Waals surface area contributed by atoms with E-state index >= 15 is 0 Å². The fourth-order valence-corrected chi connectivity index (χ4v) is 2.91. The number of para-hydroxylation sites is 1. The maximum atomic E-state index is 5.84. The fraction of sp³-hybridized carbons (Fsp3) is 0.667. The molecule has 1 aromatic carbocycles. The summed E-state index contributed by atoms with van der Waals surface area (Å²) in [6.07, 6.45) is 1.18. The molecule has 0 aliphatic carbocycles. The highest BCUT2D eigenvalue weighted by molar-refractivity contribution is 5.39. The minimum atomic E-state index is 0.301. The van der Waals surface area contributed by atoms with Gasteiger partial charge in [-0.05, 0) is 23.8 Å². The molecule has 0 aromatic heterocycles. The van der Waals surface area contributed by atoms with Crippen molar-refractivity contribution in [2.75, 3.05) is 13.2 Å². The van der Waals surface area contributed by atoms with Gasteiger partial charge in [0.2, 0.25) is 0 Å². The summed E-state index contributed by atoms with van der Waals surface area (Å²) in [6.45, 7) is 13.4. The summed E-state index contributed by atoms with van der Waals surface area (Å²) < 4.78 is 5.84. The topological polar surface area (TPSA) is 21.3 Å². The Morgan fingerprint density at radius 2 is 1.95 bits per heavy atom. The van der Waals surface area contributed by atoms with Crippen LogP contribution < -0.4 is 10.1 Å². The second-order valence-electron chi connectivity index (χ2n) is 7.09. The van der Waals surface area contributed by atoms with Crippen molar-refractivity contribution in [2.24, 2.45) is 11.3 Å². The Hall–Kier alpha value is -1.02.